The maximum absolute atomic E-state index is 13.4. The molecule has 0 spiro atoms. The third kappa shape index (κ3) is 6.66. The van der Waals surface area contributed by atoms with Crippen LogP contribution < -0.4 is 10.1 Å². The Labute approximate surface area is 210 Å². The van der Waals surface area contributed by atoms with E-state index in [2.05, 4.69) is 5.32 Å². The van der Waals surface area contributed by atoms with Crippen molar-refractivity contribution in [3.8, 4) is 5.75 Å². The van der Waals surface area contributed by atoms with E-state index in [0.717, 1.165) is 16.4 Å². The molecule has 0 unspecified atom stereocenters. The lowest BCUT2D eigenvalue weighted by atomic mass is 10.2. The number of methoxy groups -OCH3 is 1. The Bertz CT molecular complexity index is 1320. The molecule has 0 atom stereocenters. The Hall–Kier alpha value is -2.79. The zero-order valence-electron chi connectivity index (χ0n) is 18.1. The topological polar surface area (TPSA) is 75.7 Å². The van der Waals surface area contributed by atoms with E-state index in [4.69, 9.17) is 27.9 Å². The Kier molecular flexibility index (Phi) is 8.32. The van der Waals surface area contributed by atoms with Gasteiger partial charge in [-0.3, -0.25) is 4.79 Å². The summed E-state index contributed by atoms with van der Waals surface area (Å²) in [5.74, 6) is -0.623. The van der Waals surface area contributed by atoms with Crippen LogP contribution in [0.4, 0.5) is 18.9 Å². The summed E-state index contributed by atoms with van der Waals surface area (Å²) >= 11 is 12.0. The molecule has 0 aliphatic heterocycles. The second kappa shape index (κ2) is 10.9. The van der Waals surface area contributed by atoms with E-state index in [9.17, 15) is 26.4 Å². The summed E-state index contributed by atoms with van der Waals surface area (Å²) in [5.41, 5.74) is -0.726. The van der Waals surface area contributed by atoms with Gasteiger partial charge in [-0.05, 0) is 42.0 Å². The first-order chi connectivity index (χ1) is 16.4. The lowest BCUT2D eigenvalue weighted by Gasteiger charge is -2.22. The van der Waals surface area contributed by atoms with Crippen LogP contribution in [0.3, 0.4) is 0 Å². The van der Waals surface area contributed by atoms with E-state index in [0.29, 0.717) is 11.6 Å². The van der Waals surface area contributed by atoms with Gasteiger partial charge in [0, 0.05) is 6.54 Å². The Morgan fingerprint density at radius 1 is 1.00 bits per heavy atom. The summed E-state index contributed by atoms with van der Waals surface area (Å²) in [7, 11) is -2.88. The number of benzene rings is 3. The molecule has 6 nitrogen and oxygen atoms in total. The van der Waals surface area contributed by atoms with Crippen molar-refractivity contribution in [2.24, 2.45) is 0 Å². The number of rotatable bonds is 8. The average Bonchev–Trinajstić information content (AvgIpc) is 2.80. The van der Waals surface area contributed by atoms with Crippen molar-refractivity contribution in [1.82, 2.24) is 4.31 Å². The van der Waals surface area contributed by atoms with Crippen molar-refractivity contribution in [3.63, 3.8) is 0 Å². The second-order valence-corrected chi connectivity index (χ2v) is 10.0. The van der Waals surface area contributed by atoms with Crippen molar-refractivity contribution < 1.29 is 31.1 Å². The predicted octanol–water partition coefficient (Wildman–Crippen LogP) is 5.85. The molecule has 1 amide bonds. The van der Waals surface area contributed by atoms with Gasteiger partial charge in [0.25, 0.3) is 0 Å². The third-order valence-corrected chi connectivity index (χ3v) is 7.26. The molecule has 3 aromatic carbocycles. The van der Waals surface area contributed by atoms with E-state index in [1.807, 2.05) is 0 Å². The molecule has 0 bridgehead atoms. The molecule has 0 saturated heterocycles. The quantitative estimate of drug-likeness (QED) is 0.384. The molecule has 0 saturated carbocycles. The monoisotopic (exact) mass is 546 g/mol. The van der Waals surface area contributed by atoms with Crippen molar-refractivity contribution in [2.75, 3.05) is 19.0 Å². The second-order valence-electron chi connectivity index (χ2n) is 7.30. The van der Waals surface area contributed by atoms with Crippen molar-refractivity contribution in [2.45, 2.75) is 17.6 Å². The zero-order valence-corrected chi connectivity index (χ0v) is 20.5. The summed E-state index contributed by atoms with van der Waals surface area (Å²) in [6, 6.07) is 14.8. The minimum absolute atomic E-state index is 0.0495. The van der Waals surface area contributed by atoms with Crippen LogP contribution in [0, 0.1) is 0 Å². The molecule has 3 rings (SSSR count). The molecule has 1 N–H and O–H groups in total. The average molecular weight is 547 g/mol. The number of amides is 1. The lowest BCUT2D eigenvalue weighted by Crippen LogP contribution is -2.37. The van der Waals surface area contributed by atoms with Gasteiger partial charge in [-0.15, -0.1) is 0 Å². The minimum Gasteiger partial charge on any atom is -0.495 e. The Balaban J connectivity index is 1.92. The van der Waals surface area contributed by atoms with Gasteiger partial charge in [0.2, 0.25) is 15.9 Å². The van der Waals surface area contributed by atoms with Crippen LogP contribution in [0.5, 0.6) is 5.75 Å². The van der Waals surface area contributed by atoms with Gasteiger partial charge in [0.1, 0.15) is 5.75 Å². The molecule has 0 heterocycles. The van der Waals surface area contributed by atoms with Crippen LogP contribution in [0.25, 0.3) is 0 Å². The highest BCUT2D eigenvalue weighted by atomic mass is 35.5. The maximum atomic E-state index is 13.4. The zero-order chi connectivity index (χ0) is 25.8. The predicted molar refractivity (Wildman–Crippen MR) is 127 cm³/mol. The number of hydrogen-bond donors (Lipinski definition) is 1. The number of nitrogens with one attached hydrogen (secondary N) is 1. The van der Waals surface area contributed by atoms with Crippen LogP contribution in [0.2, 0.25) is 10.0 Å². The smallest absolute Gasteiger partial charge is 0.416 e. The number of anilines is 1. The number of carbonyl (C=O) groups excluding carboxylic acids is 1. The standard InChI is InChI=1S/C23H19Cl2F3N2O4S/c1-34-21-10-8-17(12-19(21)25)35(32,33)30(13-15-5-3-2-4-6-15)14-22(31)29-20-11-16(23(26,27)28)7-9-18(20)24/h2-12H,13-14H2,1H3,(H,29,31). The van der Waals surface area contributed by atoms with Gasteiger partial charge in [-0.2, -0.15) is 17.5 Å². The highest BCUT2D eigenvalue weighted by Gasteiger charge is 2.32. The highest BCUT2D eigenvalue weighted by Crippen LogP contribution is 2.34. The fourth-order valence-corrected chi connectivity index (χ4v) is 5.02. The molecule has 186 valence electrons. The maximum Gasteiger partial charge on any atom is 0.416 e. The van der Waals surface area contributed by atoms with Gasteiger partial charge in [0.15, 0.2) is 0 Å². The number of nitrogens with zero attached hydrogens (tertiary/aromatic N) is 1. The summed E-state index contributed by atoms with van der Waals surface area (Å²) in [5, 5.41) is 2.19. The summed E-state index contributed by atoms with van der Waals surface area (Å²) < 4.78 is 71.9. The van der Waals surface area contributed by atoms with Crippen LogP contribution in [0.15, 0.2) is 71.6 Å². The SMILES string of the molecule is COc1ccc(S(=O)(=O)N(CC(=O)Nc2cc(C(F)(F)F)ccc2Cl)Cc2ccccc2)cc1Cl. The van der Waals surface area contributed by atoms with E-state index in [1.165, 1.54) is 25.3 Å². The van der Waals surface area contributed by atoms with Crippen molar-refractivity contribution in [3.05, 3.63) is 87.9 Å². The molecule has 0 aliphatic rings. The molecule has 0 radical (unpaired) electrons. The van der Waals surface area contributed by atoms with E-state index in [1.54, 1.807) is 30.3 Å². The van der Waals surface area contributed by atoms with Crippen LogP contribution in [-0.2, 0) is 27.5 Å². The van der Waals surface area contributed by atoms with Gasteiger partial charge < -0.3 is 10.1 Å². The molecule has 0 fully saturated rings. The van der Waals surface area contributed by atoms with Gasteiger partial charge >= 0.3 is 6.18 Å². The lowest BCUT2D eigenvalue weighted by molar-refractivity contribution is -0.137. The summed E-state index contributed by atoms with van der Waals surface area (Å²) in [4.78, 5) is 12.6. The number of carbonyl (C=O) groups is 1. The number of ether oxygens (including phenoxy) is 1. The number of halogens is 5. The van der Waals surface area contributed by atoms with Crippen LogP contribution >= 0.6 is 23.2 Å². The van der Waals surface area contributed by atoms with Crippen molar-refractivity contribution in [1.29, 1.82) is 0 Å². The summed E-state index contributed by atoms with van der Waals surface area (Å²) in [6.07, 6.45) is -4.65. The first-order valence-electron chi connectivity index (χ1n) is 9.96. The van der Waals surface area contributed by atoms with Crippen LogP contribution in [0.1, 0.15) is 11.1 Å². The Morgan fingerprint density at radius 2 is 1.69 bits per heavy atom. The fraction of sp³-hybridized carbons (Fsp3) is 0.174. The molecular formula is C23H19Cl2F3N2O4S. The Morgan fingerprint density at radius 3 is 2.29 bits per heavy atom. The number of alkyl halides is 3. The van der Waals surface area contributed by atoms with Crippen molar-refractivity contribution >= 4 is 44.8 Å². The van der Waals surface area contributed by atoms with E-state index >= 15 is 0 Å². The summed E-state index contributed by atoms with van der Waals surface area (Å²) in [6.45, 7) is -0.885. The largest absolute Gasteiger partial charge is 0.495 e. The molecule has 35 heavy (non-hydrogen) atoms. The molecule has 0 aromatic heterocycles. The molecule has 3 aromatic rings. The fourth-order valence-electron chi connectivity index (χ4n) is 3.12. The van der Waals surface area contributed by atoms with Gasteiger partial charge in [-0.25, -0.2) is 8.42 Å². The first kappa shape index (κ1) is 26.8. The molecule has 12 heteroatoms. The van der Waals surface area contributed by atoms with E-state index < -0.39 is 34.2 Å². The minimum atomic E-state index is -4.65. The van der Waals surface area contributed by atoms with Crippen LogP contribution in [-0.4, -0.2) is 32.3 Å². The normalized spacial score (nSPS) is 12.0. The third-order valence-electron chi connectivity index (χ3n) is 4.85. The molecular weight excluding hydrogens is 528 g/mol. The molecule has 0 aliphatic carbocycles. The first-order valence-corrected chi connectivity index (χ1v) is 12.2. The highest BCUT2D eigenvalue weighted by molar-refractivity contribution is 7.89. The van der Waals surface area contributed by atoms with E-state index in [-0.39, 0.29) is 32.9 Å². The number of sulfonamides is 1. The van der Waals surface area contributed by atoms with Gasteiger partial charge in [0.05, 0.1) is 39.8 Å². The van der Waals surface area contributed by atoms with Gasteiger partial charge in [-0.1, -0.05) is 53.5 Å². The number of hydrogen-bond acceptors (Lipinski definition) is 4.